The average Bonchev–Trinajstić information content (AvgIpc) is 3.46. The Bertz CT molecular complexity index is 835. The zero-order chi connectivity index (χ0) is 22.0. The maximum absolute atomic E-state index is 13.3. The number of likely N-dealkylation sites (tertiary alicyclic amines) is 1. The van der Waals surface area contributed by atoms with Gasteiger partial charge in [-0.2, -0.15) is 0 Å². The summed E-state index contributed by atoms with van der Waals surface area (Å²) in [5, 5.41) is 2.95. The van der Waals surface area contributed by atoms with Crippen molar-refractivity contribution >= 4 is 29.1 Å². The van der Waals surface area contributed by atoms with E-state index in [2.05, 4.69) is 10.2 Å². The average molecular weight is 427 g/mol. The van der Waals surface area contributed by atoms with Crippen LogP contribution in [0.15, 0.2) is 18.2 Å². The normalized spacial score (nSPS) is 19.1. The lowest BCUT2D eigenvalue weighted by Crippen LogP contribution is -2.49. The van der Waals surface area contributed by atoms with Gasteiger partial charge in [0.15, 0.2) is 0 Å². The van der Waals surface area contributed by atoms with Gasteiger partial charge in [0, 0.05) is 63.0 Å². The molecule has 7 nitrogen and oxygen atoms in total. The largest absolute Gasteiger partial charge is 0.367 e. The molecule has 1 N–H and O–H groups in total. The van der Waals surface area contributed by atoms with Crippen LogP contribution in [-0.2, 0) is 9.59 Å². The Balaban J connectivity index is 1.52. The molecule has 3 fully saturated rings. The Morgan fingerprint density at radius 3 is 2.26 bits per heavy atom. The zero-order valence-electron chi connectivity index (χ0n) is 18.7. The molecule has 0 aromatic heterocycles. The fourth-order valence-corrected chi connectivity index (χ4v) is 4.49. The van der Waals surface area contributed by atoms with Crippen LogP contribution in [0.25, 0.3) is 0 Å². The summed E-state index contributed by atoms with van der Waals surface area (Å²) in [6.45, 7) is 8.42. The van der Waals surface area contributed by atoms with Crippen LogP contribution in [0.1, 0.15) is 56.3 Å². The molecule has 2 saturated heterocycles. The fourth-order valence-electron chi connectivity index (χ4n) is 4.49. The van der Waals surface area contributed by atoms with E-state index in [1.54, 1.807) is 0 Å². The quantitative estimate of drug-likeness (QED) is 0.759. The number of benzene rings is 1. The number of piperazine rings is 1. The van der Waals surface area contributed by atoms with Crippen LogP contribution in [0.5, 0.6) is 0 Å². The molecule has 0 radical (unpaired) electrons. The molecule has 4 rings (SSSR count). The van der Waals surface area contributed by atoms with Crippen molar-refractivity contribution in [2.24, 2.45) is 11.8 Å². The van der Waals surface area contributed by atoms with E-state index in [-0.39, 0.29) is 29.6 Å². The highest BCUT2D eigenvalue weighted by Gasteiger charge is 2.35. The first-order chi connectivity index (χ1) is 14.9. The highest BCUT2D eigenvalue weighted by atomic mass is 16.2. The topological polar surface area (TPSA) is 73.0 Å². The second kappa shape index (κ2) is 9.28. The third kappa shape index (κ3) is 5.20. The van der Waals surface area contributed by atoms with Crippen molar-refractivity contribution in [2.45, 2.75) is 46.0 Å². The molecule has 2 heterocycles. The maximum atomic E-state index is 13.3. The summed E-state index contributed by atoms with van der Waals surface area (Å²) in [6.07, 6.45) is 4.57. The SMILES string of the molecule is CC(C)CC(=O)Nc1ccc(N2CCN(C(=O)C3CC3)CC2)c(C(=O)N2CCCC2)c1. The standard InChI is InChI=1S/C24H34N4O3/c1-17(2)15-22(29)25-19-7-8-21(20(16-19)24(31)27-9-3-4-10-27)26-11-13-28(14-12-26)23(30)18-5-6-18/h7-8,16-18H,3-6,9-15H2,1-2H3,(H,25,29). The smallest absolute Gasteiger partial charge is 0.256 e. The Morgan fingerprint density at radius 2 is 1.65 bits per heavy atom. The van der Waals surface area contributed by atoms with E-state index in [0.29, 0.717) is 30.8 Å². The van der Waals surface area contributed by atoms with Crippen LogP contribution >= 0.6 is 0 Å². The van der Waals surface area contributed by atoms with Gasteiger partial charge in [0.1, 0.15) is 0 Å². The lowest BCUT2D eigenvalue weighted by atomic mass is 10.1. The number of hydrogen-bond donors (Lipinski definition) is 1. The number of nitrogens with one attached hydrogen (secondary N) is 1. The van der Waals surface area contributed by atoms with Crippen LogP contribution < -0.4 is 10.2 Å². The molecule has 0 atom stereocenters. The molecule has 0 spiro atoms. The first-order valence-electron chi connectivity index (χ1n) is 11.7. The summed E-state index contributed by atoms with van der Waals surface area (Å²) < 4.78 is 0. The van der Waals surface area contributed by atoms with Gasteiger partial charge in [0.2, 0.25) is 11.8 Å². The summed E-state index contributed by atoms with van der Waals surface area (Å²) in [6, 6.07) is 5.67. The minimum atomic E-state index is -0.0328. The number of hydrogen-bond acceptors (Lipinski definition) is 4. The van der Waals surface area contributed by atoms with Crippen molar-refractivity contribution in [1.82, 2.24) is 9.80 Å². The van der Waals surface area contributed by atoms with Gasteiger partial charge in [0.05, 0.1) is 5.56 Å². The molecule has 1 aromatic carbocycles. The van der Waals surface area contributed by atoms with E-state index in [0.717, 1.165) is 57.5 Å². The Kier molecular flexibility index (Phi) is 6.49. The summed E-state index contributed by atoms with van der Waals surface area (Å²) in [7, 11) is 0. The summed E-state index contributed by atoms with van der Waals surface area (Å²) in [5.41, 5.74) is 2.21. The van der Waals surface area contributed by atoms with E-state index in [4.69, 9.17) is 0 Å². The number of nitrogens with zero attached hydrogens (tertiary/aromatic N) is 3. The van der Waals surface area contributed by atoms with Crippen molar-refractivity contribution in [3.8, 4) is 0 Å². The third-order valence-corrected chi connectivity index (χ3v) is 6.36. The van der Waals surface area contributed by atoms with Gasteiger partial charge in [-0.05, 0) is 49.8 Å². The number of anilines is 2. The Morgan fingerprint density at radius 1 is 0.968 bits per heavy atom. The van der Waals surface area contributed by atoms with Gasteiger partial charge in [-0.3, -0.25) is 14.4 Å². The number of carbonyl (C=O) groups is 3. The van der Waals surface area contributed by atoms with Crippen molar-refractivity contribution in [1.29, 1.82) is 0 Å². The minimum absolute atomic E-state index is 0.0314. The molecule has 3 amide bonds. The maximum Gasteiger partial charge on any atom is 0.256 e. The van der Waals surface area contributed by atoms with E-state index in [9.17, 15) is 14.4 Å². The highest BCUT2D eigenvalue weighted by molar-refractivity contribution is 6.02. The predicted molar refractivity (Wildman–Crippen MR) is 121 cm³/mol. The first-order valence-corrected chi connectivity index (χ1v) is 11.7. The van der Waals surface area contributed by atoms with Crippen LogP contribution in [-0.4, -0.2) is 66.8 Å². The second-order valence-corrected chi connectivity index (χ2v) is 9.46. The molecule has 0 bridgehead atoms. The van der Waals surface area contributed by atoms with Crippen molar-refractivity contribution < 1.29 is 14.4 Å². The van der Waals surface area contributed by atoms with Gasteiger partial charge in [-0.1, -0.05) is 13.8 Å². The second-order valence-electron chi connectivity index (χ2n) is 9.46. The summed E-state index contributed by atoms with van der Waals surface area (Å²) >= 11 is 0. The lowest BCUT2D eigenvalue weighted by molar-refractivity contribution is -0.132. The van der Waals surface area contributed by atoms with Gasteiger partial charge >= 0.3 is 0 Å². The zero-order valence-corrected chi connectivity index (χ0v) is 18.7. The number of carbonyl (C=O) groups excluding carboxylic acids is 3. The van der Waals surface area contributed by atoms with Gasteiger partial charge in [0.25, 0.3) is 5.91 Å². The molecule has 1 aliphatic carbocycles. The Hall–Kier alpha value is -2.57. The lowest BCUT2D eigenvalue weighted by Gasteiger charge is -2.37. The molecular formula is C24H34N4O3. The predicted octanol–water partition coefficient (Wildman–Crippen LogP) is 2.97. The summed E-state index contributed by atoms with van der Waals surface area (Å²) in [5.74, 6) is 0.807. The van der Waals surface area contributed by atoms with Crippen molar-refractivity contribution in [2.75, 3.05) is 49.5 Å². The minimum Gasteiger partial charge on any atom is -0.367 e. The first kappa shape index (κ1) is 21.7. The molecule has 168 valence electrons. The molecule has 1 aromatic rings. The van der Waals surface area contributed by atoms with E-state index in [1.165, 1.54) is 0 Å². The fraction of sp³-hybridized carbons (Fsp3) is 0.625. The van der Waals surface area contributed by atoms with E-state index >= 15 is 0 Å². The Labute approximate surface area is 184 Å². The molecular weight excluding hydrogens is 392 g/mol. The van der Waals surface area contributed by atoms with Crippen LogP contribution in [0.4, 0.5) is 11.4 Å². The molecule has 3 aliphatic rings. The number of rotatable bonds is 6. The molecule has 0 unspecified atom stereocenters. The van der Waals surface area contributed by atoms with Crippen LogP contribution in [0.3, 0.4) is 0 Å². The molecule has 2 aliphatic heterocycles. The van der Waals surface area contributed by atoms with Gasteiger partial charge in [-0.25, -0.2) is 0 Å². The summed E-state index contributed by atoms with van der Waals surface area (Å²) in [4.78, 5) is 44.0. The van der Waals surface area contributed by atoms with Crippen LogP contribution in [0.2, 0.25) is 0 Å². The van der Waals surface area contributed by atoms with Gasteiger partial charge < -0.3 is 20.0 Å². The van der Waals surface area contributed by atoms with Crippen molar-refractivity contribution in [3.63, 3.8) is 0 Å². The number of amides is 3. The van der Waals surface area contributed by atoms with Crippen LogP contribution in [0, 0.1) is 11.8 Å². The molecule has 1 saturated carbocycles. The van der Waals surface area contributed by atoms with Gasteiger partial charge in [-0.15, -0.1) is 0 Å². The van der Waals surface area contributed by atoms with Crippen molar-refractivity contribution in [3.05, 3.63) is 23.8 Å². The van der Waals surface area contributed by atoms with E-state index in [1.807, 2.05) is 41.8 Å². The third-order valence-electron chi connectivity index (χ3n) is 6.36. The van der Waals surface area contributed by atoms with E-state index < -0.39 is 0 Å². The molecule has 7 heteroatoms. The highest BCUT2D eigenvalue weighted by Crippen LogP contribution is 2.32. The molecule has 31 heavy (non-hydrogen) atoms. The monoisotopic (exact) mass is 426 g/mol.